The summed E-state index contributed by atoms with van der Waals surface area (Å²) >= 11 is 0. The number of carbonyl (C=O) groups excluding carboxylic acids is 1. The zero-order chi connectivity index (χ0) is 13.2. The standard InChI is InChI=1S/C14H15N3O2/c1-17-12(6-7-16-17)14(18)15-9-11-8-10-4-2-3-5-13(10)19-11/h2-7,11H,8-9H2,1H3,(H,15,18). The van der Waals surface area contributed by atoms with E-state index in [9.17, 15) is 4.79 Å². The van der Waals surface area contributed by atoms with Crippen LogP contribution in [-0.2, 0) is 13.5 Å². The number of aryl methyl sites for hydroxylation is 1. The van der Waals surface area contributed by atoms with Crippen LogP contribution in [0.4, 0.5) is 0 Å². The fourth-order valence-electron chi connectivity index (χ4n) is 2.26. The third kappa shape index (κ3) is 2.31. The van der Waals surface area contributed by atoms with E-state index in [1.807, 2.05) is 18.2 Å². The minimum Gasteiger partial charge on any atom is -0.488 e. The smallest absolute Gasteiger partial charge is 0.269 e. The fraction of sp³-hybridized carbons (Fsp3) is 0.286. The van der Waals surface area contributed by atoms with Gasteiger partial charge in [-0.25, -0.2) is 0 Å². The second-order valence-electron chi connectivity index (χ2n) is 4.60. The summed E-state index contributed by atoms with van der Waals surface area (Å²) in [6.45, 7) is 0.499. The molecule has 1 atom stereocenters. The van der Waals surface area contributed by atoms with Crippen molar-refractivity contribution in [3.05, 3.63) is 47.8 Å². The summed E-state index contributed by atoms with van der Waals surface area (Å²) in [5.41, 5.74) is 1.75. The Balaban J connectivity index is 1.58. The van der Waals surface area contributed by atoms with Crippen LogP contribution >= 0.6 is 0 Å². The molecule has 2 heterocycles. The van der Waals surface area contributed by atoms with E-state index < -0.39 is 0 Å². The Labute approximate surface area is 111 Å². The zero-order valence-corrected chi connectivity index (χ0v) is 10.7. The maximum atomic E-state index is 11.9. The molecule has 0 spiro atoms. The average molecular weight is 257 g/mol. The van der Waals surface area contributed by atoms with Crippen LogP contribution in [0.25, 0.3) is 0 Å². The first-order chi connectivity index (χ1) is 9.24. The SMILES string of the molecule is Cn1nccc1C(=O)NCC1Cc2ccccc2O1. The van der Waals surface area contributed by atoms with Crippen LogP contribution in [0.5, 0.6) is 5.75 Å². The Morgan fingerprint density at radius 2 is 2.32 bits per heavy atom. The van der Waals surface area contributed by atoms with E-state index in [1.165, 1.54) is 5.56 Å². The van der Waals surface area contributed by atoms with Gasteiger partial charge in [-0.3, -0.25) is 9.48 Å². The highest BCUT2D eigenvalue weighted by Gasteiger charge is 2.23. The van der Waals surface area contributed by atoms with E-state index in [0.29, 0.717) is 12.2 Å². The molecule has 5 heteroatoms. The zero-order valence-electron chi connectivity index (χ0n) is 10.7. The second kappa shape index (κ2) is 4.76. The number of nitrogens with one attached hydrogen (secondary N) is 1. The van der Waals surface area contributed by atoms with Crippen molar-refractivity contribution in [2.75, 3.05) is 6.54 Å². The predicted octanol–water partition coefficient (Wildman–Crippen LogP) is 1.15. The molecule has 1 N–H and O–H groups in total. The molecule has 1 aromatic heterocycles. The molecule has 98 valence electrons. The van der Waals surface area contributed by atoms with Gasteiger partial charge in [0.15, 0.2) is 0 Å². The Bertz CT molecular complexity index is 581. The van der Waals surface area contributed by atoms with Gasteiger partial charge >= 0.3 is 0 Å². The molecule has 0 saturated heterocycles. The molecule has 5 nitrogen and oxygen atoms in total. The van der Waals surface area contributed by atoms with Gasteiger partial charge in [0.2, 0.25) is 0 Å². The van der Waals surface area contributed by atoms with Gasteiger partial charge in [-0.15, -0.1) is 0 Å². The normalized spacial score (nSPS) is 16.8. The van der Waals surface area contributed by atoms with Crippen molar-refractivity contribution < 1.29 is 9.53 Å². The van der Waals surface area contributed by atoms with Gasteiger partial charge in [0.05, 0.1) is 6.54 Å². The monoisotopic (exact) mass is 257 g/mol. The molecule has 1 aliphatic heterocycles. The van der Waals surface area contributed by atoms with Gasteiger partial charge in [-0.05, 0) is 17.7 Å². The molecule has 3 rings (SSSR count). The summed E-state index contributed by atoms with van der Waals surface area (Å²) in [5, 5.41) is 6.85. The van der Waals surface area contributed by atoms with Gasteiger partial charge in [0.1, 0.15) is 17.5 Å². The van der Waals surface area contributed by atoms with Crippen LogP contribution in [0.3, 0.4) is 0 Å². The van der Waals surface area contributed by atoms with E-state index in [1.54, 1.807) is 24.0 Å². The highest BCUT2D eigenvalue weighted by Crippen LogP contribution is 2.27. The first-order valence-electron chi connectivity index (χ1n) is 6.25. The molecule has 2 aromatic rings. The van der Waals surface area contributed by atoms with Crippen LogP contribution in [0.15, 0.2) is 36.5 Å². The molecule has 1 aliphatic rings. The summed E-state index contributed by atoms with van der Waals surface area (Å²) in [7, 11) is 1.75. The first-order valence-corrected chi connectivity index (χ1v) is 6.25. The summed E-state index contributed by atoms with van der Waals surface area (Å²) in [6, 6.07) is 9.66. The molecular weight excluding hydrogens is 242 g/mol. The second-order valence-corrected chi connectivity index (χ2v) is 4.60. The number of hydrogen-bond acceptors (Lipinski definition) is 3. The van der Waals surface area contributed by atoms with Crippen LogP contribution in [0, 0.1) is 0 Å². The van der Waals surface area contributed by atoms with Gasteiger partial charge in [0.25, 0.3) is 5.91 Å². The van der Waals surface area contributed by atoms with Gasteiger partial charge in [-0.2, -0.15) is 5.10 Å². The minimum absolute atomic E-state index is 0.00887. The van der Waals surface area contributed by atoms with Crippen molar-refractivity contribution in [3.63, 3.8) is 0 Å². The molecule has 0 fully saturated rings. The lowest BCUT2D eigenvalue weighted by atomic mass is 10.1. The molecule has 1 unspecified atom stereocenters. The van der Waals surface area contributed by atoms with Crippen LogP contribution in [0.1, 0.15) is 16.1 Å². The Kier molecular flexibility index (Phi) is 2.95. The van der Waals surface area contributed by atoms with Gasteiger partial charge in [0, 0.05) is 19.7 Å². The van der Waals surface area contributed by atoms with Crippen LogP contribution in [0.2, 0.25) is 0 Å². The number of aromatic nitrogens is 2. The van der Waals surface area contributed by atoms with E-state index in [0.717, 1.165) is 12.2 Å². The van der Waals surface area contributed by atoms with Gasteiger partial charge < -0.3 is 10.1 Å². The molecule has 19 heavy (non-hydrogen) atoms. The van der Waals surface area contributed by atoms with Crippen molar-refractivity contribution in [3.8, 4) is 5.75 Å². The summed E-state index contributed by atoms with van der Waals surface area (Å²) in [6.07, 6.45) is 2.45. The summed E-state index contributed by atoms with van der Waals surface area (Å²) in [4.78, 5) is 11.9. The number of nitrogens with zero attached hydrogens (tertiary/aromatic N) is 2. The molecule has 0 radical (unpaired) electrons. The lowest BCUT2D eigenvalue weighted by Crippen LogP contribution is -2.35. The largest absolute Gasteiger partial charge is 0.488 e. The fourth-order valence-corrected chi connectivity index (χ4v) is 2.26. The van der Waals surface area contributed by atoms with E-state index in [2.05, 4.69) is 16.5 Å². The Hall–Kier alpha value is -2.30. The molecule has 0 bridgehead atoms. The first kappa shape index (κ1) is 11.8. The number of benzene rings is 1. The van der Waals surface area contributed by atoms with E-state index >= 15 is 0 Å². The maximum Gasteiger partial charge on any atom is 0.269 e. The third-order valence-electron chi connectivity index (χ3n) is 3.26. The molecule has 1 amide bonds. The molecule has 0 saturated carbocycles. The highest BCUT2D eigenvalue weighted by atomic mass is 16.5. The lowest BCUT2D eigenvalue weighted by Gasteiger charge is -2.11. The summed E-state index contributed by atoms with van der Waals surface area (Å²) < 4.78 is 7.32. The van der Waals surface area contributed by atoms with Gasteiger partial charge in [-0.1, -0.05) is 18.2 Å². The van der Waals surface area contributed by atoms with Crippen LogP contribution < -0.4 is 10.1 Å². The molecule has 1 aromatic carbocycles. The molecular formula is C14H15N3O2. The number of carbonyl (C=O) groups is 1. The number of amides is 1. The third-order valence-corrected chi connectivity index (χ3v) is 3.26. The van der Waals surface area contributed by atoms with E-state index in [4.69, 9.17) is 4.74 Å². The lowest BCUT2D eigenvalue weighted by molar-refractivity contribution is 0.0924. The highest BCUT2D eigenvalue weighted by molar-refractivity contribution is 5.92. The number of hydrogen-bond donors (Lipinski definition) is 1. The van der Waals surface area contributed by atoms with Crippen LogP contribution in [-0.4, -0.2) is 28.3 Å². The molecule has 0 aliphatic carbocycles. The van der Waals surface area contributed by atoms with Crippen molar-refractivity contribution >= 4 is 5.91 Å². The number of rotatable bonds is 3. The number of para-hydroxylation sites is 1. The van der Waals surface area contributed by atoms with Crippen molar-refractivity contribution in [1.29, 1.82) is 0 Å². The van der Waals surface area contributed by atoms with Crippen molar-refractivity contribution in [1.82, 2.24) is 15.1 Å². The maximum absolute atomic E-state index is 11.9. The Morgan fingerprint density at radius 3 is 3.05 bits per heavy atom. The number of ether oxygens (including phenoxy) is 1. The Morgan fingerprint density at radius 1 is 1.47 bits per heavy atom. The van der Waals surface area contributed by atoms with E-state index in [-0.39, 0.29) is 12.0 Å². The average Bonchev–Trinajstić information content (AvgIpc) is 3.01. The number of fused-ring (bicyclic) bond motifs is 1. The topological polar surface area (TPSA) is 56.2 Å². The minimum atomic E-state index is -0.125. The van der Waals surface area contributed by atoms with Crippen molar-refractivity contribution in [2.24, 2.45) is 7.05 Å². The predicted molar refractivity (Wildman–Crippen MR) is 70.1 cm³/mol. The quantitative estimate of drug-likeness (QED) is 0.897. The van der Waals surface area contributed by atoms with Crippen molar-refractivity contribution in [2.45, 2.75) is 12.5 Å². The summed E-state index contributed by atoms with van der Waals surface area (Å²) in [5.74, 6) is 0.793.